The van der Waals surface area contributed by atoms with E-state index in [-0.39, 0.29) is 0 Å². The molecule has 1 N–H and O–H groups in total. The number of hydrogen-bond donors (Lipinski definition) is 1. The number of fused-ring (bicyclic) bond motifs is 1. The highest BCUT2D eigenvalue weighted by atomic mass is 15.1. The number of aromatic nitrogens is 3. The fourth-order valence-corrected chi connectivity index (χ4v) is 2.05. The molecule has 0 aliphatic rings. The first-order chi connectivity index (χ1) is 9.17. The molecule has 0 saturated heterocycles. The highest BCUT2D eigenvalue weighted by Crippen LogP contribution is 2.21. The number of imidazole rings is 1. The summed E-state index contributed by atoms with van der Waals surface area (Å²) in [6, 6.07) is 8.32. The first-order valence-corrected chi connectivity index (χ1v) is 6.28. The zero-order valence-corrected chi connectivity index (χ0v) is 11.3. The lowest BCUT2D eigenvalue weighted by Gasteiger charge is -2.01. The van der Waals surface area contributed by atoms with Crippen molar-refractivity contribution in [3.8, 4) is 11.3 Å². The summed E-state index contributed by atoms with van der Waals surface area (Å²) in [5.74, 6) is 1.53. The van der Waals surface area contributed by atoms with Crippen LogP contribution in [0.2, 0.25) is 0 Å². The molecule has 2 aromatic heterocycles. The van der Waals surface area contributed by atoms with E-state index < -0.39 is 0 Å². The standard InChI is InChI=1S/C15H16N4/c1-10-4-5-12(8-11(10)2)13-9-19-7-6-14(16-3)18-15(19)17-13/h4-9H,1-3H3,(H,16,17,18). The molecule has 0 aliphatic heterocycles. The molecule has 0 amide bonds. The summed E-state index contributed by atoms with van der Waals surface area (Å²) in [7, 11) is 1.85. The normalized spacial score (nSPS) is 10.9. The molecule has 0 saturated carbocycles. The van der Waals surface area contributed by atoms with Crippen LogP contribution in [0.4, 0.5) is 5.82 Å². The summed E-state index contributed by atoms with van der Waals surface area (Å²) in [6.07, 6.45) is 3.97. The Morgan fingerprint density at radius 2 is 1.89 bits per heavy atom. The van der Waals surface area contributed by atoms with Crippen LogP contribution in [0.1, 0.15) is 11.1 Å². The van der Waals surface area contributed by atoms with E-state index in [0.29, 0.717) is 5.78 Å². The number of nitrogens with zero attached hydrogens (tertiary/aromatic N) is 3. The Hall–Kier alpha value is -2.36. The number of nitrogens with one attached hydrogen (secondary N) is 1. The maximum atomic E-state index is 4.57. The van der Waals surface area contributed by atoms with Gasteiger partial charge in [-0.1, -0.05) is 12.1 Å². The van der Waals surface area contributed by atoms with Crippen molar-refractivity contribution >= 4 is 11.6 Å². The molecule has 0 fully saturated rings. The van der Waals surface area contributed by atoms with Gasteiger partial charge >= 0.3 is 0 Å². The maximum Gasteiger partial charge on any atom is 0.236 e. The second-order valence-electron chi connectivity index (χ2n) is 4.70. The molecule has 0 unspecified atom stereocenters. The Morgan fingerprint density at radius 3 is 2.63 bits per heavy atom. The van der Waals surface area contributed by atoms with Crippen molar-refractivity contribution in [2.24, 2.45) is 0 Å². The van der Waals surface area contributed by atoms with E-state index in [1.165, 1.54) is 11.1 Å². The average molecular weight is 252 g/mol. The third-order valence-corrected chi connectivity index (χ3v) is 3.39. The number of aryl methyl sites for hydroxylation is 2. The van der Waals surface area contributed by atoms with E-state index in [1.807, 2.05) is 29.9 Å². The molecule has 2 heterocycles. The number of hydrogen-bond acceptors (Lipinski definition) is 3. The van der Waals surface area contributed by atoms with Crippen molar-refractivity contribution < 1.29 is 0 Å². The summed E-state index contributed by atoms with van der Waals surface area (Å²) < 4.78 is 1.94. The van der Waals surface area contributed by atoms with Crippen molar-refractivity contribution in [3.05, 3.63) is 47.8 Å². The van der Waals surface area contributed by atoms with Crippen molar-refractivity contribution in [2.75, 3.05) is 12.4 Å². The molecular formula is C15H16N4. The molecule has 0 spiro atoms. The van der Waals surface area contributed by atoms with Crippen LogP contribution in [0.15, 0.2) is 36.7 Å². The molecule has 0 aliphatic carbocycles. The number of anilines is 1. The molecule has 4 heteroatoms. The van der Waals surface area contributed by atoms with Gasteiger partial charge in [-0.25, -0.2) is 4.98 Å². The lowest BCUT2D eigenvalue weighted by Crippen LogP contribution is -1.94. The van der Waals surface area contributed by atoms with Gasteiger partial charge in [0.1, 0.15) is 5.82 Å². The van der Waals surface area contributed by atoms with Gasteiger partial charge in [-0.2, -0.15) is 4.98 Å². The fraction of sp³-hybridized carbons (Fsp3) is 0.200. The predicted octanol–water partition coefficient (Wildman–Crippen LogP) is 3.05. The van der Waals surface area contributed by atoms with Crippen molar-refractivity contribution in [1.29, 1.82) is 0 Å². The smallest absolute Gasteiger partial charge is 0.236 e. The zero-order valence-electron chi connectivity index (χ0n) is 11.3. The van der Waals surface area contributed by atoms with E-state index in [0.717, 1.165) is 17.1 Å². The van der Waals surface area contributed by atoms with Gasteiger partial charge in [0.2, 0.25) is 5.78 Å². The minimum atomic E-state index is 0.708. The topological polar surface area (TPSA) is 42.2 Å². The van der Waals surface area contributed by atoms with Crippen LogP contribution in [0.3, 0.4) is 0 Å². The van der Waals surface area contributed by atoms with Crippen LogP contribution in [0.5, 0.6) is 0 Å². The summed E-state index contributed by atoms with van der Waals surface area (Å²) in [5.41, 5.74) is 4.64. The minimum absolute atomic E-state index is 0.708. The monoisotopic (exact) mass is 252 g/mol. The lowest BCUT2D eigenvalue weighted by atomic mass is 10.1. The van der Waals surface area contributed by atoms with Gasteiger partial charge < -0.3 is 5.32 Å². The van der Waals surface area contributed by atoms with E-state index >= 15 is 0 Å². The van der Waals surface area contributed by atoms with Crippen LogP contribution in [-0.4, -0.2) is 21.4 Å². The first-order valence-electron chi connectivity index (χ1n) is 6.28. The molecule has 19 heavy (non-hydrogen) atoms. The van der Waals surface area contributed by atoms with Gasteiger partial charge in [0.15, 0.2) is 0 Å². The first kappa shape index (κ1) is 11.7. The van der Waals surface area contributed by atoms with Gasteiger partial charge in [-0.15, -0.1) is 0 Å². The summed E-state index contributed by atoms with van der Waals surface area (Å²) in [6.45, 7) is 4.23. The molecule has 96 valence electrons. The third kappa shape index (κ3) is 2.05. The van der Waals surface area contributed by atoms with Crippen LogP contribution < -0.4 is 5.32 Å². The SMILES string of the molecule is CNc1ccn2cc(-c3ccc(C)c(C)c3)nc2n1. The molecule has 0 bridgehead atoms. The Balaban J connectivity index is 2.11. The van der Waals surface area contributed by atoms with Crippen molar-refractivity contribution in [1.82, 2.24) is 14.4 Å². The third-order valence-electron chi connectivity index (χ3n) is 3.39. The lowest BCUT2D eigenvalue weighted by molar-refractivity contribution is 1.11. The van der Waals surface area contributed by atoms with Gasteiger partial charge in [0.25, 0.3) is 0 Å². The predicted molar refractivity (Wildman–Crippen MR) is 77.4 cm³/mol. The number of rotatable bonds is 2. The zero-order chi connectivity index (χ0) is 13.4. The van der Waals surface area contributed by atoms with Gasteiger partial charge in [-0.05, 0) is 37.1 Å². The van der Waals surface area contributed by atoms with Crippen LogP contribution in [-0.2, 0) is 0 Å². The fourth-order valence-electron chi connectivity index (χ4n) is 2.05. The molecule has 3 rings (SSSR count). The molecule has 0 radical (unpaired) electrons. The molecule has 3 aromatic rings. The van der Waals surface area contributed by atoms with Gasteiger partial charge in [-0.3, -0.25) is 4.40 Å². The Kier molecular flexibility index (Phi) is 2.71. The second kappa shape index (κ2) is 4.39. The van der Waals surface area contributed by atoms with Crippen LogP contribution >= 0.6 is 0 Å². The average Bonchev–Trinajstić information content (AvgIpc) is 2.84. The maximum absolute atomic E-state index is 4.57. The Bertz CT molecular complexity index is 743. The largest absolute Gasteiger partial charge is 0.373 e. The van der Waals surface area contributed by atoms with Gasteiger partial charge in [0.05, 0.1) is 5.69 Å². The van der Waals surface area contributed by atoms with E-state index in [4.69, 9.17) is 0 Å². The quantitative estimate of drug-likeness (QED) is 0.762. The highest BCUT2D eigenvalue weighted by Gasteiger charge is 2.06. The summed E-state index contributed by atoms with van der Waals surface area (Å²) in [4.78, 5) is 8.99. The van der Waals surface area contributed by atoms with Crippen molar-refractivity contribution in [3.63, 3.8) is 0 Å². The van der Waals surface area contributed by atoms with E-state index in [1.54, 1.807) is 0 Å². The molecule has 4 nitrogen and oxygen atoms in total. The van der Waals surface area contributed by atoms with Crippen LogP contribution in [0.25, 0.3) is 17.0 Å². The summed E-state index contributed by atoms with van der Waals surface area (Å²) >= 11 is 0. The molecule has 0 atom stereocenters. The number of benzene rings is 1. The van der Waals surface area contributed by atoms with Gasteiger partial charge in [0, 0.05) is 25.0 Å². The van der Waals surface area contributed by atoms with E-state index in [2.05, 4.69) is 47.3 Å². The molecular weight excluding hydrogens is 236 g/mol. The van der Waals surface area contributed by atoms with Crippen LogP contribution in [0, 0.1) is 13.8 Å². The highest BCUT2D eigenvalue weighted by molar-refractivity contribution is 5.63. The Labute approximate surface area is 112 Å². The van der Waals surface area contributed by atoms with Crippen molar-refractivity contribution in [2.45, 2.75) is 13.8 Å². The Morgan fingerprint density at radius 1 is 1.05 bits per heavy atom. The summed E-state index contributed by atoms with van der Waals surface area (Å²) in [5, 5.41) is 3.02. The second-order valence-corrected chi connectivity index (χ2v) is 4.70. The van der Waals surface area contributed by atoms with E-state index in [9.17, 15) is 0 Å². The minimum Gasteiger partial charge on any atom is -0.373 e. The molecule has 1 aromatic carbocycles.